The number of carbonyl (C=O) groups excluding carboxylic acids is 2. The van der Waals surface area contributed by atoms with Crippen LogP contribution in [0.25, 0.3) is 0 Å². The van der Waals surface area contributed by atoms with Gasteiger partial charge in [0.05, 0.1) is 5.69 Å². The zero-order valence-corrected chi connectivity index (χ0v) is 8.28. The van der Waals surface area contributed by atoms with E-state index in [4.69, 9.17) is 0 Å². The molecule has 1 N–H and O–H groups in total. The molecular formula is C11H13NO2. The highest BCUT2D eigenvalue weighted by atomic mass is 16.1. The number of hydrogen-bond donors (Lipinski definition) is 1. The van der Waals surface area contributed by atoms with Crippen LogP contribution < -0.4 is 5.32 Å². The Morgan fingerprint density at radius 3 is 2.57 bits per heavy atom. The summed E-state index contributed by atoms with van der Waals surface area (Å²) in [6, 6.07) is 6.92. The van der Waals surface area contributed by atoms with Crippen molar-refractivity contribution in [3.63, 3.8) is 0 Å². The maximum absolute atomic E-state index is 11.4. The Labute approximate surface area is 83.1 Å². The number of rotatable bonds is 3. The fraction of sp³-hybridized carbons (Fsp3) is 0.273. The standard InChI is InChI=1S/C11H13NO2/c1-8(2)11(14)12-10-6-4-3-5-9(10)7-13/h3-8H,1-2H3,(H,12,14). The van der Waals surface area contributed by atoms with Crippen LogP contribution in [0.15, 0.2) is 24.3 Å². The van der Waals surface area contributed by atoms with E-state index >= 15 is 0 Å². The molecule has 0 fully saturated rings. The molecule has 1 amide bonds. The van der Waals surface area contributed by atoms with Gasteiger partial charge in [0.1, 0.15) is 0 Å². The predicted molar refractivity (Wildman–Crippen MR) is 55.3 cm³/mol. The number of benzene rings is 1. The molecule has 0 saturated heterocycles. The molecule has 0 aromatic heterocycles. The Morgan fingerprint density at radius 2 is 2.00 bits per heavy atom. The van der Waals surface area contributed by atoms with Crippen LogP contribution in [-0.2, 0) is 4.79 Å². The van der Waals surface area contributed by atoms with E-state index in [0.29, 0.717) is 11.3 Å². The number of hydrogen-bond acceptors (Lipinski definition) is 2. The molecule has 0 radical (unpaired) electrons. The summed E-state index contributed by atoms with van der Waals surface area (Å²) >= 11 is 0. The maximum Gasteiger partial charge on any atom is 0.226 e. The first kappa shape index (κ1) is 10.4. The summed E-state index contributed by atoms with van der Waals surface area (Å²) in [5.74, 6) is -0.172. The number of amides is 1. The van der Waals surface area contributed by atoms with Crippen LogP contribution in [0.1, 0.15) is 24.2 Å². The molecule has 0 saturated carbocycles. The molecule has 74 valence electrons. The van der Waals surface area contributed by atoms with Crippen molar-refractivity contribution in [1.82, 2.24) is 0 Å². The van der Waals surface area contributed by atoms with E-state index in [-0.39, 0.29) is 11.8 Å². The van der Waals surface area contributed by atoms with E-state index in [1.54, 1.807) is 38.1 Å². The molecule has 3 nitrogen and oxygen atoms in total. The third kappa shape index (κ3) is 2.42. The van der Waals surface area contributed by atoms with Gasteiger partial charge in [-0.3, -0.25) is 9.59 Å². The van der Waals surface area contributed by atoms with Gasteiger partial charge in [0.15, 0.2) is 6.29 Å². The molecule has 0 aliphatic heterocycles. The summed E-state index contributed by atoms with van der Waals surface area (Å²) in [4.78, 5) is 22.0. The lowest BCUT2D eigenvalue weighted by molar-refractivity contribution is -0.118. The summed E-state index contributed by atoms with van der Waals surface area (Å²) in [6.07, 6.45) is 0.732. The molecule has 0 bridgehead atoms. The summed E-state index contributed by atoms with van der Waals surface area (Å²) in [7, 11) is 0. The minimum Gasteiger partial charge on any atom is -0.325 e. The lowest BCUT2D eigenvalue weighted by Crippen LogP contribution is -2.18. The SMILES string of the molecule is CC(C)C(=O)Nc1ccccc1C=O. The summed E-state index contributed by atoms with van der Waals surface area (Å²) in [6.45, 7) is 3.61. The second-order valence-corrected chi connectivity index (χ2v) is 3.35. The van der Waals surface area contributed by atoms with E-state index < -0.39 is 0 Å². The Bertz CT molecular complexity index is 345. The average Bonchev–Trinajstić information content (AvgIpc) is 2.18. The van der Waals surface area contributed by atoms with Crippen molar-refractivity contribution in [2.45, 2.75) is 13.8 Å². The molecule has 1 aromatic rings. The summed E-state index contributed by atoms with van der Waals surface area (Å²) in [5, 5.41) is 2.69. The monoisotopic (exact) mass is 191 g/mol. The first-order valence-electron chi connectivity index (χ1n) is 4.50. The second-order valence-electron chi connectivity index (χ2n) is 3.35. The molecule has 0 aliphatic carbocycles. The number of para-hydroxylation sites is 1. The van der Waals surface area contributed by atoms with Gasteiger partial charge in [-0.15, -0.1) is 0 Å². The van der Waals surface area contributed by atoms with Crippen LogP contribution in [-0.4, -0.2) is 12.2 Å². The van der Waals surface area contributed by atoms with Crippen molar-refractivity contribution in [1.29, 1.82) is 0 Å². The normalized spacial score (nSPS) is 9.93. The minimum absolute atomic E-state index is 0.0840. The zero-order valence-electron chi connectivity index (χ0n) is 8.28. The van der Waals surface area contributed by atoms with Gasteiger partial charge in [0, 0.05) is 11.5 Å². The number of nitrogens with one attached hydrogen (secondary N) is 1. The third-order valence-electron chi connectivity index (χ3n) is 1.87. The second kappa shape index (κ2) is 4.56. The molecule has 0 spiro atoms. The van der Waals surface area contributed by atoms with Crippen molar-refractivity contribution in [3.05, 3.63) is 29.8 Å². The van der Waals surface area contributed by atoms with Crippen LogP contribution in [0, 0.1) is 5.92 Å². The zero-order chi connectivity index (χ0) is 10.6. The van der Waals surface area contributed by atoms with Crippen molar-refractivity contribution in [2.24, 2.45) is 5.92 Å². The van der Waals surface area contributed by atoms with E-state index in [1.165, 1.54) is 0 Å². The highest BCUT2D eigenvalue weighted by Gasteiger charge is 2.08. The van der Waals surface area contributed by atoms with Crippen molar-refractivity contribution in [3.8, 4) is 0 Å². The van der Waals surface area contributed by atoms with Crippen molar-refractivity contribution in [2.75, 3.05) is 5.32 Å². The van der Waals surface area contributed by atoms with Crippen molar-refractivity contribution < 1.29 is 9.59 Å². The molecule has 14 heavy (non-hydrogen) atoms. The van der Waals surface area contributed by atoms with E-state index in [9.17, 15) is 9.59 Å². The van der Waals surface area contributed by atoms with Gasteiger partial charge in [0.25, 0.3) is 0 Å². The van der Waals surface area contributed by atoms with Gasteiger partial charge in [-0.25, -0.2) is 0 Å². The van der Waals surface area contributed by atoms with E-state index in [1.807, 2.05) is 0 Å². The maximum atomic E-state index is 11.4. The molecule has 1 rings (SSSR count). The molecule has 0 unspecified atom stereocenters. The third-order valence-corrected chi connectivity index (χ3v) is 1.87. The smallest absolute Gasteiger partial charge is 0.226 e. The molecule has 3 heteroatoms. The Kier molecular flexibility index (Phi) is 3.40. The molecule has 0 heterocycles. The molecule has 0 atom stereocenters. The number of anilines is 1. The summed E-state index contributed by atoms with van der Waals surface area (Å²) in [5.41, 5.74) is 1.07. The fourth-order valence-electron chi connectivity index (χ4n) is 0.991. The number of carbonyl (C=O) groups is 2. The van der Waals surface area contributed by atoms with Crippen LogP contribution in [0.2, 0.25) is 0 Å². The summed E-state index contributed by atoms with van der Waals surface area (Å²) < 4.78 is 0. The molecule has 1 aromatic carbocycles. The van der Waals surface area contributed by atoms with Crippen LogP contribution in [0.3, 0.4) is 0 Å². The van der Waals surface area contributed by atoms with Gasteiger partial charge in [-0.05, 0) is 12.1 Å². The fourth-order valence-corrected chi connectivity index (χ4v) is 0.991. The van der Waals surface area contributed by atoms with Crippen LogP contribution >= 0.6 is 0 Å². The van der Waals surface area contributed by atoms with Gasteiger partial charge >= 0.3 is 0 Å². The van der Waals surface area contributed by atoms with Crippen LogP contribution in [0.5, 0.6) is 0 Å². The van der Waals surface area contributed by atoms with Gasteiger partial charge in [-0.2, -0.15) is 0 Å². The quantitative estimate of drug-likeness (QED) is 0.743. The van der Waals surface area contributed by atoms with Crippen molar-refractivity contribution >= 4 is 17.9 Å². The topological polar surface area (TPSA) is 46.2 Å². The molecule has 0 aliphatic rings. The van der Waals surface area contributed by atoms with Crippen LogP contribution in [0.4, 0.5) is 5.69 Å². The minimum atomic E-state index is -0.0882. The van der Waals surface area contributed by atoms with E-state index in [0.717, 1.165) is 6.29 Å². The Morgan fingerprint density at radius 1 is 1.36 bits per heavy atom. The van der Waals surface area contributed by atoms with Gasteiger partial charge in [-0.1, -0.05) is 26.0 Å². The highest BCUT2D eigenvalue weighted by molar-refractivity contribution is 5.97. The first-order valence-corrected chi connectivity index (χ1v) is 4.50. The van der Waals surface area contributed by atoms with E-state index in [2.05, 4.69) is 5.32 Å². The molecular weight excluding hydrogens is 178 g/mol. The largest absolute Gasteiger partial charge is 0.325 e. The lowest BCUT2D eigenvalue weighted by atomic mass is 10.1. The highest BCUT2D eigenvalue weighted by Crippen LogP contribution is 2.13. The Hall–Kier alpha value is -1.64. The number of aldehydes is 1. The van der Waals surface area contributed by atoms with Gasteiger partial charge < -0.3 is 5.32 Å². The Balaban J connectivity index is 2.85. The van der Waals surface area contributed by atoms with Gasteiger partial charge in [0.2, 0.25) is 5.91 Å². The predicted octanol–water partition coefficient (Wildman–Crippen LogP) is 2.09. The first-order chi connectivity index (χ1) is 6.65. The average molecular weight is 191 g/mol. The lowest BCUT2D eigenvalue weighted by Gasteiger charge is -2.08.